The average molecular weight is 443 g/mol. The number of ether oxygens (including phenoxy) is 3. The summed E-state index contributed by atoms with van der Waals surface area (Å²) < 4.78 is 17.0. The van der Waals surface area contributed by atoms with Gasteiger partial charge in [0.2, 0.25) is 0 Å². The van der Waals surface area contributed by atoms with E-state index in [1.165, 1.54) is 34.9 Å². The van der Waals surface area contributed by atoms with Crippen LogP contribution in [0.3, 0.4) is 0 Å². The highest BCUT2D eigenvalue weighted by atomic mass is 16.5. The van der Waals surface area contributed by atoms with Crippen LogP contribution in [0.25, 0.3) is 11.1 Å². The van der Waals surface area contributed by atoms with Crippen molar-refractivity contribution in [1.82, 2.24) is 0 Å². The van der Waals surface area contributed by atoms with E-state index in [4.69, 9.17) is 14.2 Å². The van der Waals surface area contributed by atoms with Crippen molar-refractivity contribution < 1.29 is 19.0 Å². The molecule has 4 heteroatoms. The smallest absolute Gasteiger partial charge is 0.306 e. The summed E-state index contributed by atoms with van der Waals surface area (Å²) >= 11 is 0. The number of hydrogen-bond acceptors (Lipinski definition) is 4. The summed E-state index contributed by atoms with van der Waals surface area (Å²) in [5.41, 5.74) is 7.66. The largest absolute Gasteiger partial charge is 0.492 e. The number of aryl methyl sites for hydroxylation is 1. The van der Waals surface area contributed by atoms with Crippen molar-refractivity contribution in [2.24, 2.45) is 0 Å². The first kappa shape index (κ1) is 21.6. The highest BCUT2D eigenvalue weighted by molar-refractivity contribution is 5.71. The first-order valence-corrected chi connectivity index (χ1v) is 11.8. The summed E-state index contributed by atoms with van der Waals surface area (Å²) in [6.45, 7) is 4.99. The number of carbonyl (C=O) groups excluding carboxylic acids is 1. The van der Waals surface area contributed by atoms with Gasteiger partial charge in [-0.25, -0.2) is 0 Å². The third-order valence-corrected chi connectivity index (χ3v) is 6.84. The maximum atomic E-state index is 11.7. The summed E-state index contributed by atoms with van der Waals surface area (Å²) in [6, 6.07) is 21.4. The average Bonchev–Trinajstić information content (AvgIpc) is 3.42. The van der Waals surface area contributed by atoms with Gasteiger partial charge in [-0.05, 0) is 52.6 Å². The van der Waals surface area contributed by atoms with Crippen LogP contribution in [0.1, 0.15) is 66.9 Å². The van der Waals surface area contributed by atoms with Crippen LogP contribution in [0.15, 0.2) is 60.7 Å². The zero-order valence-electron chi connectivity index (χ0n) is 19.5. The van der Waals surface area contributed by atoms with Crippen LogP contribution in [0.4, 0.5) is 0 Å². The number of benzene rings is 3. The van der Waals surface area contributed by atoms with Gasteiger partial charge in [-0.1, -0.05) is 62.4 Å². The van der Waals surface area contributed by atoms with Gasteiger partial charge in [0.15, 0.2) is 0 Å². The molecule has 1 heterocycles. The minimum atomic E-state index is -0.213. The second kappa shape index (κ2) is 8.93. The Morgan fingerprint density at radius 1 is 1.06 bits per heavy atom. The predicted molar refractivity (Wildman–Crippen MR) is 129 cm³/mol. The van der Waals surface area contributed by atoms with Crippen LogP contribution in [0, 0.1) is 0 Å². The van der Waals surface area contributed by atoms with Crippen LogP contribution in [-0.4, -0.2) is 19.7 Å². The van der Waals surface area contributed by atoms with Gasteiger partial charge in [-0.2, -0.15) is 0 Å². The van der Waals surface area contributed by atoms with Gasteiger partial charge in [0.05, 0.1) is 20.1 Å². The zero-order valence-corrected chi connectivity index (χ0v) is 19.5. The van der Waals surface area contributed by atoms with E-state index in [2.05, 4.69) is 56.3 Å². The normalized spacial score (nSPS) is 18.5. The van der Waals surface area contributed by atoms with E-state index in [1.54, 1.807) is 0 Å². The van der Waals surface area contributed by atoms with Gasteiger partial charge in [-0.3, -0.25) is 4.79 Å². The molecule has 2 atom stereocenters. The SMILES string of the molecule is COC(=O)CC1COc2cc(OC3CCc4cc(-c5ccccc5C(C)C)ccc43)ccc21. The lowest BCUT2D eigenvalue weighted by Gasteiger charge is -2.17. The number of carbonyl (C=O) groups is 1. The molecule has 33 heavy (non-hydrogen) atoms. The molecule has 3 aromatic rings. The molecule has 5 rings (SSSR count). The van der Waals surface area contributed by atoms with Crippen molar-refractivity contribution in [2.45, 2.75) is 51.0 Å². The summed E-state index contributed by atoms with van der Waals surface area (Å²) in [6.07, 6.45) is 2.36. The first-order valence-electron chi connectivity index (χ1n) is 11.8. The minimum absolute atomic E-state index is 0.0414. The quantitative estimate of drug-likeness (QED) is 0.404. The second-order valence-corrected chi connectivity index (χ2v) is 9.29. The van der Waals surface area contributed by atoms with Gasteiger partial charge in [0.25, 0.3) is 0 Å². The van der Waals surface area contributed by atoms with Crippen LogP contribution in [-0.2, 0) is 16.0 Å². The molecule has 3 aromatic carbocycles. The molecule has 170 valence electrons. The Morgan fingerprint density at radius 2 is 1.88 bits per heavy atom. The standard InChI is InChI=1S/C29H30O4/c1-18(2)23-6-4-5-7-24(23)19-8-11-25-20(14-19)9-13-27(25)33-22-10-12-26-21(15-29(30)31-3)17-32-28(26)16-22/h4-8,10-12,14,16,18,21,27H,9,13,15,17H2,1-3H3. The van der Waals surface area contributed by atoms with Crippen LogP contribution < -0.4 is 9.47 Å². The second-order valence-electron chi connectivity index (χ2n) is 9.29. The molecular formula is C29H30O4. The summed E-state index contributed by atoms with van der Waals surface area (Å²) in [5.74, 6) is 1.93. The Labute approximate surface area is 195 Å². The molecule has 0 bridgehead atoms. The number of fused-ring (bicyclic) bond motifs is 2. The fourth-order valence-corrected chi connectivity index (χ4v) is 5.08. The Bertz CT molecular complexity index is 1180. The third-order valence-electron chi connectivity index (χ3n) is 6.84. The fraction of sp³-hybridized carbons (Fsp3) is 0.345. The first-order chi connectivity index (χ1) is 16.0. The fourth-order valence-electron chi connectivity index (χ4n) is 5.08. The molecule has 0 saturated heterocycles. The monoisotopic (exact) mass is 442 g/mol. The maximum absolute atomic E-state index is 11.7. The molecule has 4 nitrogen and oxygen atoms in total. The molecule has 2 unspecified atom stereocenters. The zero-order chi connectivity index (χ0) is 22.9. The lowest BCUT2D eigenvalue weighted by molar-refractivity contribution is -0.141. The van der Waals surface area contributed by atoms with E-state index in [0.29, 0.717) is 18.9 Å². The van der Waals surface area contributed by atoms with Gasteiger partial charge in [0.1, 0.15) is 17.6 Å². The topological polar surface area (TPSA) is 44.8 Å². The van der Waals surface area contributed by atoms with Crippen molar-refractivity contribution >= 4 is 5.97 Å². The summed E-state index contributed by atoms with van der Waals surface area (Å²) in [7, 11) is 1.42. The molecule has 0 saturated carbocycles. The Kier molecular flexibility index (Phi) is 5.84. The number of methoxy groups -OCH3 is 1. The number of rotatable bonds is 6. The molecular weight excluding hydrogens is 412 g/mol. The van der Waals surface area contributed by atoms with Crippen molar-refractivity contribution in [3.63, 3.8) is 0 Å². The minimum Gasteiger partial charge on any atom is -0.492 e. The van der Waals surface area contributed by atoms with Gasteiger partial charge in [0, 0.05) is 17.5 Å². The van der Waals surface area contributed by atoms with E-state index >= 15 is 0 Å². The lowest BCUT2D eigenvalue weighted by atomic mass is 9.91. The van der Waals surface area contributed by atoms with Crippen LogP contribution in [0.5, 0.6) is 11.5 Å². The van der Waals surface area contributed by atoms with Crippen LogP contribution in [0.2, 0.25) is 0 Å². The molecule has 0 N–H and O–H groups in total. The highest BCUT2D eigenvalue weighted by Crippen LogP contribution is 2.42. The van der Waals surface area contributed by atoms with Crippen LogP contribution >= 0.6 is 0 Å². The summed E-state index contributed by atoms with van der Waals surface area (Å²) in [4.78, 5) is 11.7. The van der Waals surface area contributed by atoms with Crippen molar-refractivity contribution in [1.29, 1.82) is 0 Å². The molecule has 0 spiro atoms. The predicted octanol–water partition coefficient (Wildman–Crippen LogP) is 6.58. The Balaban J connectivity index is 1.34. The van der Waals surface area contributed by atoms with Crippen molar-refractivity contribution in [2.75, 3.05) is 13.7 Å². The Morgan fingerprint density at radius 3 is 2.70 bits per heavy atom. The highest BCUT2D eigenvalue weighted by Gasteiger charge is 2.29. The Hall–Kier alpha value is -3.27. The molecule has 0 amide bonds. The van der Waals surface area contributed by atoms with Gasteiger partial charge in [-0.15, -0.1) is 0 Å². The maximum Gasteiger partial charge on any atom is 0.306 e. The molecule has 0 fully saturated rings. The van der Waals surface area contributed by atoms with Crippen molar-refractivity contribution in [3.8, 4) is 22.6 Å². The van der Waals surface area contributed by atoms with E-state index in [9.17, 15) is 4.79 Å². The van der Waals surface area contributed by atoms with Gasteiger partial charge >= 0.3 is 5.97 Å². The van der Waals surface area contributed by atoms with Crippen molar-refractivity contribution in [3.05, 3.63) is 82.9 Å². The number of hydrogen-bond donors (Lipinski definition) is 0. The van der Waals surface area contributed by atoms with Gasteiger partial charge < -0.3 is 14.2 Å². The summed E-state index contributed by atoms with van der Waals surface area (Å²) in [5, 5.41) is 0. The van der Waals surface area contributed by atoms with E-state index in [0.717, 1.165) is 29.9 Å². The van der Waals surface area contributed by atoms with E-state index in [1.807, 2.05) is 18.2 Å². The molecule has 0 aromatic heterocycles. The third kappa shape index (κ3) is 4.22. The number of esters is 1. The molecule has 1 aliphatic heterocycles. The lowest BCUT2D eigenvalue weighted by Crippen LogP contribution is -2.09. The molecule has 0 radical (unpaired) electrons. The van der Waals surface area contributed by atoms with E-state index < -0.39 is 0 Å². The molecule has 1 aliphatic carbocycles. The van der Waals surface area contributed by atoms with E-state index in [-0.39, 0.29) is 18.0 Å². The molecule has 2 aliphatic rings.